The highest BCUT2D eigenvalue weighted by Crippen LogP contribution is 2.61. The molecule has 1 aliphatic heterocycles. The number of anilines is 1. The second kappa shape index (κ2) is 8.87. The number of hydrogen-bond donors (Lipinski definition) is 1. The van der Waals surface area contributed by atoms with Crippen molar-refractivity contribution >= 4 is 45.3 Å². The molecule has 1 spiro atoms. The van der Waals surface area contributed by atoms with E-state index in [1.165, 1.54) is 21.2 Å². The Balaban J connectivity index is 1.75. The largest absolute Gasteiger partial charge is 0.324 e. The van der Waals surface area contributed by atoms with Crippen LogP contribution in [-0.2, 0) is 10.2 Å². The van der Waals surface area contributed by atoms with E-state index in [9.17, 15) is 4.79 Å². The van der Waals surface area contributed by atoms with Crippen molar-refractivity contribution in [1.82, 2.24) is 0 Å². The average molecular weight is 508 g/mol. The van der Waals surface area contributed by atoms with Crippen LogP contribution in [0.5, 0.6) is 0 Å². The summed E-state index contributed by atoms with van der Waals surface area (Å²) >= 11 is 0. The summed E-state index contributed by atoms with van der Waals surface area (Å²) in [6.07, 6.45) is 2.21. The molecule has 1 atom stereocenters. The van der Waals surface area contributed by atoms with E-state index in [0.717, 1.165) is 22.4 Å². The van der Waals surface area contributed by atoms with Crippen LogP contribution in [0.25, 0.3) is 5.57 Å². The number of amides is 1. The summed E-state index contributed by atoms with van der Waals surface area (Å²) in [6, 6.07) is 51.1. The molecule has 0 fully saturated rings. The molecular formula is C35H26NOP. The predicted molar refractivity (Wildman–Crippen MR) is 161 cm³/mol. The van der Waals surface area contributed by atoms with Crippen molar-refractivity contribution in [2.75, 3.05) is 5.32 Å². The molecule has 1 heterocycles. The van der Waals surface area contributed by atoms with E-state index >= 15 is 0 Å². The lowest BCUT2D eigenvalue weighted by atomic mass is 9.65. The molecule has 5 aromatic carbocycles. The first-order valence-electron chi connectivity index (χ1n) is 12.9. The molecule has 38 heavy (non-hydrogen) atoms. The molecule has 2 aliphatic rings. The molecule has 1 unspecified atom stereocenters. The first-order chi connectivity index (χ1) is 18.8. The third-order valence-corrected chi connectivity index (χ3v) is 12.3. The van der Waals surface area contributed by atoms with E-state index in [0.29, 0.717) is 0 Å². The quantitative estimate of drug-likeness (QED) is 0.291. The van der Waals surface area contributed by atoms with Crippen LogP contribution < -0.4 is 21.2 Å². The van der Waals surface area contributed by atoms with E-state index in [4.69, 9.17) is 0 Å². The molecule has 7 rings (SSSR count). The van der Waals surface area contributed by atoms with Gasteiger partial charge in [-0.3, -0.25) is 4.79 Å². The van der Waals surface area contributed by atoms with E-state index in [-0.39, 0.29) is 5.91 Å². The molecule has 0 saturated carbocycles. The van der Waals surface area contributed by atoms with E-state index < -0.39 is 12.3 Å². The molecule has 3 heteroatoms. The number of carbonyl (C=O) groups is 1. The topological polar surface area (TPSA) is 29.1 Å². The summed E-state index contributed by atoms with van der Waals surface area (Å²) in [5, 5.41) is 8.15. The highest BCUT2D eigenvalue weighted by atomic mass is 31.2. The molecule has 5 aromatic rings. The molecular weight excluding hydrogens is 481 g/mol. The van der Waals surface area contributed by atoms with Gasteiger partial charge in [-0.15, -0.1) is 0 Å². The van der Waals surface area contributed by atoms with Gasteiger partial charge in [0.1, 0.15) is 5.41 Å². The van der Waals surface area contributed by atoms with E-state index in [1.807, 2.05) is 24.3 Å². The summed E-state index contributed by atoms with van der Waals surface area (Å²) in [4.78, 5) is 14.2. The Kier molecular flexibility index (Phi) is 5.32. The van der Waals surface area contributed by atoms with Crippen LogP contribution in [0.2, 0.25) is 0 Å². The van der Waals surface area contributed by atoms with Crippen LogP contribution in [0.4, 0.5) is 5.69 Å². The van der Waals surface area contributed by atoms with Crippen molar-refractivity contribution in [2.45, 2.75) is 5.41 Å². The smallest absolute Gasteiger partial charge is 0.243 e. The minimum Gasteiger partial charge on any atom is -0.324 e. The monoisotopic (exact) mass is 507 g/mol. The molecule has 1 N–H and O–H groups in total. The van der Waals surface area contributed by atoms with E-state index in [2.05, 4.69) is 133 Å². The molecule has 0 saturated heterocycles. The number of rotatable bonds is 4. The van der Waals surface area contributed by atoms with Crippen LogP contribution in [-0.4, -0.2) is 11.2 Å². The fourth-order valence-corrected chi connectivity index (χ4v) is 11.1. The number of fused-ring (bicyclic) bond motifs is 2. The molecule has 1 amide bonds. The Morgan fingerprint density at radius 3 is 1.50 bits per heavy atom. The Labute approximate surface area is 223 Å². The van der Waals surface area contributed by atoms with Gasteiger partial charge in [0.15, 0.2) is 0 Å². The number of nitrogens with one attached hydrogen (secondary N) is 1. The fraction of sp³-hybridized carbons (Fsp3) is 0.0286. The fourth-order valence-electron chi connectivity index (χ4n) is 6.22. The zero-order valence-electron chi connectivity index (χ0n) is 20.8. The van der Waals surface area contributed by atoms with Gasteiger partial charge >= 0.3 is 0 Å². The number of para-hydroxylation sites is 1. The lowest BCUT2D eigenvalue weighted by Gasteiger charge is -2.46. The van der Waals surface area contributed by atoms with Crippen LogP contribution in [0.3, 0.4) is 0 Å². The van der Waals surface area contributed by atoms with Crippen molar-refractivity contribution in [3.63, 3.8) is 0 Å². The number of carbonyl (C=O) groups excluding carboxylic acids is 1. The van der Waals surface area contributed by atoms with Gasteiger partial charge in [0.25, 0.3) is 0 Å². The van der Waals surface area contributed by atoms with Crippen molar-refractivity contribution in [2.24, 2.45) is 0 Å². The second-order valence-electron chi connectivity index (χ2n) is 9.76. The lowest BCUT2D eigenvalue weighted by molar-refractivity contribution is -0.117. The van der Waals surface area contributed by atoms with Gasteiger partial charge in [-0.1, -0.05) is 146 Å². The first-order valence-corrected chi connectivity index (χ1v) is 14.7. The van der Waals surface area contributed by atoms with Gasteiger partial charge in [-0.2, -0.15) is 0 Å². The minimum atomic E-state index is -2.50. The number of allylic oxidation sites excluding steroid dienone is 1. The van der Waals surface area contributed by atoms with Gasteiger partial charge in [-0.25, -0.2) is 0 Å². The third kappa shape index (κ3) is 3.11. The zero-order valence-corrected chi connectivity index (χ0v) is 21.7. The van der Waals surface area contributed by atoms with E-state index in [1.54, 1.807) is 0 Å². The minimum absolute atomic E-state index is 0.0283. The summed E-state index contributed by atoms with van der Waals surface area (Å²) in [7, 11) is 0. The van der Waals surface area contributed by atoms with Crippen molar-refractivity contribution in [1.29, 1.82) is 0 Å². The van der Waals surface area contributed by atoms with Crippen LogP contribution in [0, 0.1) is 0 Å². The molecule has 182 valence electrons. The van der Waals surface area contributed by atoms with Gasteiger partial charge in [0.05, 0.1) is 0 Å². The molecule has 1 aliphatic carbocycles. The first kappa shape index (κ1) is 22.8. The maximum Gasteiger partial charge on any atom is 0.243 e. The van der Waals surface area contributed by atoms with Gasteiger partial charge < -0.3 is 5.32 Å². The normalized spacial score (nSPS) is 17.9. The second-order valence-corrected chi connectivity index (χ2v) is 13.1. The SMILES string of the molecule is O=C1Nc2ccccc2C12C=C(c1ccccc1)C2=P(c1ccccc1)(c1ccccc1)c1ccccc1. The Bertz CT molecular complexity index is 1640. The maximum absolute atomic E-state index is 14.2. The summed E-state index contributed by atoms with van der Waals surface area (Å²) in [5.41, 5.74) is 3.37. The van der Waals surface area contributed by atoms with Gasteiger partial charge in [0.2, 0.25) is 5.91 Å². The van der Waals surface area contributed by atoms with Crippen molar-refractivity contribution in [3.8, 4) is 0 Å². The zero-order chi connectivity index (χ0) is 25.6. The lowest BCUT2D eigenvalue weighted by Crippen LogP contribution is -2.51. The Morgan fingerprint density at radius 2 is 0.974 bits per heavy atom. The molecule has 2 nitrogen and oxygen atoms in total. The Hall–Kier alpha value is -4.39. The molecule has 0 bridgehead atoms. The van der Waals surface area contributed by atoms with Crippen LogP contribution in [0.15, 0.2) is 152 Å². The molecule has 0 radical (unpaired) electrons. The summed E-state index contributed by atoms with van der Waals surface area (Å²) < 4.78 is 0. The van der Waals surface area contributed by atoms with Gasteiger partial charge in [0, 0.05) is 5.69 Å². The maximum atomic E-state index is 14.2. The highest BCUT2D eigenvalue weighted by molar-refractivity contribution is 7.96. The number of hydrogen-bond acceptors (Lipinski definition) is 1. The third-order valence-electron chi connectivity index (χ3n) is 7.80. The highest BCUT2D eigenvalue weighted by Gasteiger charge is 2.58. The van der Waals surface area contributed by atoms with Crippen LogP contribution >= 0.6 is 6.89 Å². The molecule has 0 aromatic heterocycles. The standard InChI is InChI=1S/C35H26NOP/c37-34-35(31-23-13-14-24-32(31)36-34)25-30(26-15-5-1-6-16-26)33(35)38(27-17-7-2-8-18-27,28-19-9-3-10-20-28)29-21-11-4-12-22-29/h1-25H,(H,36,37). The van der Waals surface area contributed by atoms with Crippen molar-refractivity contribution in [3.05, 3.63) is 163 Å². The predicted octanol–water partition coefficient (Wildman–Crippen LogP) is 6.14. The number of benzene rings is 5. The van der Waals surface area contributed by atoms with Gasteiger partial charge in [-0.05, 0) is 50.9 Å². The summed E-state index contributed by atoms with van der Waals surface area (Å²) in [5.74, 6) is 0.0283. The van der Waals surface area contributed by atoms with Crippen molar-refractivity contribution < 1.29 is 4.79 Å². The average Bonchev–Trinajstić information content (AvgIpc) is 3.29. The Morgan fingerprint density at radius 1 is 0.526 bits per heavy atom. The van der Waals surface area contributed by atoms with Crippen LogP contribution in [0.1, 0.15) is 11.1 Å². The summed E-state index contributed by atoms with van der Waals surface area (Å²) in [6.45, 7) is -2.50.